The number of hydrogen-bond acceptors (Lipinski definition) is 5. The molecule has 0 radical (unpaired) electrons. The SMILES string of the molecule is CCCn1c(=O)c2ccccc2n(Cc2nc(-c3cccc(C)c3)no2)c1=O. The van der Waals surface area contributed by atoms with E-state index in [1.165, 1.54) is 9.13 Å². The van der Waals surface area contributed by atoms with Crippen molar-refractivity contribution in [1.82, 2.24) is 19.3 Å². The van der Waals surface area contributed by atoms with Crippen LogP contribution < -0.4 is 11.2 Å². The molecule has 0 saturated heterocycles. The molecule has 2 aromatic carbocycles. The average molecular weight is 376 g/mol. The smallest absolute Gasteiger partial charge is 0.331 e. The van der Waals surface area contributed by atoms with E-state index in [2.05, 4.69) is 10.1 Å². The molecule has 0 unspecified atom stereocenters. The van der Waals surface area contributed by atoms with Crippen molar-refractivity contribution in [3.8, 4) is 11.4 Å². The molecule has 7 nitrogen and oxygen atoms in total. The van der Waals surface area contributed by atoms with Crippen LogP contribution in [0.5, 0.6) is 0 Å². The molecule has 0 aliphatic heterocycles. The molecule has 0 spiro atoms. The van der Waals surface area contributed by atoms with E-state index in [1.54, 1.807) is 24.3 Å². The molecule has 7 heteroatoms. The predicted molar refractivity (Wildman–Crippen MR) is 106 cm³/mol. The summed E-state index contributed by atoms with van der Waals surface area (Å²) in [6.45, 7) is 4.38. The minimum Gasteiger partial charge on any atom is -0.337 e. The van der Waals surface area contributed by atoms with Gasteiger partial charge in [0.2, 0.25) is 11.7 Å². The summed E-state index contributed by atoms with van der Waals surface area (Å²) < 4.78 is 8.17. The first-order chi connectivity index (χ1) is 13.6. The zero-order chi connectivity index (χ0) is 19.7. The highest BCUT2D eigenvalue weighted by molar-refractivity contribution is 5.77. The van der Waals surface area contributed by atoms with E-state index in [9.17, 15) is 9.59 Å². The third-order valence-corrected chi connectivity index (χ3v) is 4.62. The monoisotopic (exact) mass is 376 g/mol. The van der Waals surface area contributed by atoms with Gasteiger partial charge in [-0.25, -0.2) is 4.79 Å². The Morgan fingerprint density at radius 3 is 2.64 bits per heavy atom. The molecule has 0 aliphatic rings. The van der Waals surface area contributed by atoms with Gasteiger partial charge in [-0.3, -0.25) is 13.9 Å². The third kappa shape index (κ3) is 3.15. The normalized spacial score (nSPS) is 11.2. The molecule has 4 aromatic rings. The van der Waals surface area contributed by atoms with Crippen LogP contribution in [0.15, 0.2) is 62.6 Å². The van der Waals surface area contributed by atoms with E-state index >= 15 is 0 Å². The van der Waals surface area contributed by atoms with Crippen molar-refractivity contribution < 1.29 is 4.52 Å². The van der Waals surface area contributed by atoms with E-state index in [0.29, 0.717) is 35.6 Å². The largest absolute Gasteiger partial charge is 0.337 e. The second-order valence-electron chi connectivity index (χ2n) is 6.72. The molecule has 0 aliphatic carbocycles. The Morgan fingerprint density at radius 1 is 1.04 bits per heavy atom. The van der Waals surface area contributed by atoms with E-state index in [4.69, 9.17) is 4.52 Å². The van der Waals surface area contributed by atoms with Crippen LogP contribution in [0.2, 0.25) is 0 Å². The Kier molecular flexibility index (Phi) is 4.65. The van der Waals surface area contributed by atoms with Gasteiger partial charge in [0, 0.05) is 12.1 Å². The van der Waals surface area contributed by atoms with E-state index in [-0.39, 0.29) is 17.8 Å². The summed E-state index contributed by atoms with van der Waals surface area (Å²) in [6.07, 6.45) is 0.686. The number of hydrogen-bond donors (Lipinski definition) is 0. The first-order valence-corrected chi connectivity index (χ1v) is 9.20. The summed E-state index contributed by atoms with van der Waals surface area (Å²) in [5, 5.41) is 4.53. The standard InChI is InChI=1S/C21H20N4O3/c1-3-11-24-20(26)16-9-4-5-10-17(16)25(21(24)27)13-18-22-19(23-28-18)15-8-6-7-14(2)12-15/h4-10,12H,3,11,13H2,1-2H3. The van der Waals surface area contributed by atoms with Gasteiger partial charge in [0.15, 0.2) is 0 Å². The Balaban J connectivity index is 1.80. The van der Waals surface area contributed by atoms with E-state index in [1.807, 2.05) is 38.1 Å². The number of aryl methyl sites for hydroxylation is 1. The quantitative estimate of drug-likeness (QED) is 0.535. The van der Waals surface area contributed by atoms with Gasteiger partial charge in [0.1, 0.15) is 6.54 Å². The van der Waals surface area contributed by atoms with Crippen molar-refractivity contribution >= 4 is 10.9 Å². The van der Waals surface area contributed by atoms with Gasteiger partial charge in [-0.05, 0) is 31.5 Å². The van der Waals surface area contributed by atoms with Crippen molar-refractivity contribution in [2.24, 2.45) is 0 Å². The van der Waals surface area contributed by atoms with Crippen LogP contribution in [0.1, 0.15) is 24.8 Å². The molecule has 142 valence electrons. The van der Waals surface area contributed by atoms with Gasteiger partial charge in [0.05, 0.1) is 10.9 Å². The highest BCUT2D eigenvalue weighted by atomic mass is 16.5. The highest BCUT2D eigenvalue weighted by Crippen LogP contribution is 2.18. The lowest BCUT2D eigenvalue weighted by Crippen LogP contribution is -2.40. The van der Waals surface area contributed by atoms with Crippen molar-refractivity contribution in [2.75, 3.05) is 0 Å². The molecule has 0 saturated carbocycles. The number of benzene rings is 2. The number of nitrogens with zero attached hydrogens (tertiary/aromatic N) is 4. The van der Waals surface area contributed by atoms with Crippen LogP contribution in [0.4, 0.5) is 0 Å². The maximum Gasteiger partial charge on any atom is 0.331 e. The maximum atomic E-state index is 13.0. The molecular formula is C21H20N4O3. The predicted octanol–water partition coefficient (Wildman–Crippen LogP) is 2.98. The Bertz CT molecular complexity index is 1270. The zero-order valence-electron chi connectivity index (χ0n) is 15.8. The summed E-state index contributed by atoms with van der Waals surface area (Å²) in [6, 6.07) is 14.9. The molecule has 0 amide bonds. The van der Waals surface area contributed by atoms with Crippen molar-refractivity contribution in [3.05, 3.63) is 80.8 Å². The summed E-state index contributed by atoms with van der Waals surface area (Å²) in [5.41, 5.74) is 1.85. The van der Waals surface area contributed by atoms with Gasteiger partial charge in [0.25, 0.3) is 5.56 Å². The lowest BCUT2D eigenvalue weighted by Gasteiger charge is -2.12. The van der Waals surface area contributed by atoms with E-state index in [0.717, 1.165) is 11.1 Å². The lowest BCUT2D eigenvalue weighted by atomic mass is 10.1. The fourth-order valence-electron chi connectivity index (χ4n) is 3.30. The molecule has 0 bridgehead atoms. The third-order valence-electron chi connectivity index (χ3n) is 4.62. The Hall–Kier alpha value is -3.48. The second kappa shape index (κ2) is 7.26. The first kappa shape index (κ1) is 17.9. The average Bonchev–Trinajstić information content (AvgIpc) is 3.17. The summed E-state index contributed by atoms with van der Waals surface area (Å²) >= 11 is 0. The lowest BCUT2D eigenvalue weighted by molar-refractivity contribution is 0.369. The number of fused-ring (bicyclic) bond motifs is 1. The van der Waals surface area contributed by atoms with Crippen LogP contribution in [-0.4, -0.2) is 19.3 Å². The van der Waals surface area contributed by atoms with Crippen molar-refractivity contribution in [2.45, 2.75) is 33.4 Å². The fraction of sp³-hybridized carbons (Fsp3) is 0.238. The van der Waals surface area contributed by atoms with E-state index < -0.39 is 0 Å². The van der Waals surface area contributed by atoms with Crippen LogP contribution in [-0.2, 0) is 13.1 Å². The highest BCUT2D eigenvalue weighted by Gasteiger charge is 2.16. The van der Waals surface area contributed by atoms with Crippen LogP contribution in [0.25, 0.3) is 22.3 Å². The van der Waals surface area contributed by atoms with Gasteiger partial charge in [-0.1, -0.05) is 48.0 Å². The topological polar surface area (TPSA) is 82.9 Å². The zero-order valence-corrected chi connectivity index (χ0v) is 15.8. The molecule has 2 aromatic heterocycles. The minimum atomic E-state index is -0.374. The molecule has 4 rings (SSSR count). The molecule has 0 atom stereocenters. The number of para-hydroxylation sites is 1. The Morgan fingerprint density at radius 2 is 1.86 bits per heavy atom. The van der Waals surface area contributed by atoms with Crippen LogP contribution in [0.3, 0.4) is 0 Å². The van der Waals surface area contributed by atoms with Gasteiger partial charge >= 0.3 is 5.69 Å². The molecule has 0 fully saturated rings. The molecular weight excluding hydrogens is 356 g/mol. The number of aromatic nitrogens is 4. The second-order valence-corrected chi connectivity index (χ2v) is 6.72. The minimum absolute atomic E-state index is 0.0994. The van der Waals surface area contributed by atoms with Crippen molar-refractivity contribution in [1.29, 1.82) is 0 Å². The van der Waals surface area contributed by atoms with Gasteiger partial charge in [-0.2, -0.15) is 4.98 Å². The molecule has 2 heterocycles. The fourth-order valence-corrected chi connectivity index (χ4v) is 3.30. The Labute approximate surface area is 160 Å². The summed E-state index contributed by atoms with van der Waals surface area (Å²) in [5.74, 6) is 0.781. The van der Waals surface area contributed by atoms with Crippen LogP contribution in [0, 0.1) is 6.92 Å². The van der Waals surface area contributed by atoms with Gasteiger partial charge < -0.3 is 4.52 Å². The van der Waals surface area contributed by atoms with Gasteiger partial charge in [-0.15, -0.1) is 0 Å². The molecule has 28 heavy (non-hydrogen) atoms. The van der Waals surface area contributed by atoms with Crippen LogP contribution >= 0.6 is 0 Å². The summed E-state index contributed by atoms with van der Waals surface area (Å²) in [7, 11) is 0. The number of rotatable bonds is 5. The molecule has 0 N–H and O–H groups in total. The first-order valence-electron chi connectivity index (χ1n) is 9.20. The van der Waals surface area contributed by atoms with Crippen molar-refractivity contribution in [3.63, 3.8) is 0 Å². The summed E-state index contributed by atoms with van der Waals surface area (Å²) in [4.78, 5) is 30.1. The maximum absolute atomic E-state index is 13.0.